The lowest BCUT2D eigenvalue weighted by atomic mass is 10.1. The highest BCUT2D eigenvalue weighted by atomic mass is 32.1. The number of thiophene rings is 1. The van der Waals surface area contributed by atoms with Crippen LogP contribution in [-0.4, -0.2) is 12.3 Å². The molecular weight excluding hydrogens is 287 g/mol. The smallest absolute Gasteiger partial charge is 0.178 e. The second-order valence-electron chi connectivity index (χ2n) is 5.34. The van der Waals surface area contributed by atoms with Gasteiger partial charge in [-0.25, -0.2) is 4.39 Å². The van der Waals surface area contributed by atoms with E-state index in [1.165, 1.54) is 23.5 Å². The Morgan fingerprint density at radius 1 is 1.33 bits per heavy atom. The molecule has 0 radical (unpaired) electrons. The molecule has 1 aliphatic carbocycles. The fourth-order valence-electron chi connectivity index (χ4n) is 2.20. The molecule has 0 amide bonds. The van der Waals surface area contributed by atoms with E-state index in [1.807, 2.05) is 6.07 Å². The molecule has 0 atom stereocenters. The van der Waals surface area contributed by atoms with Gasteiger partial charge in [0.15, 0.2) is 5.78 Å². The predicted molar refractivity (Wildman–Crippen MR) is 84.4 cm³/mol. The molecule has 0 saturated heterocycles. The van der Waals surface area contributed by atoms with Crippen molar-refractivity contribution in [2.45, 2.75) is 19.3 Å². The zero-order valence-corrected chi connectivity index (χ0v) is 12.4. The summed E-state index contributed by atoms with van der Waals surface area (Å²) in [5.74, 6) is 0.156. The first kappa shape index (κ1) is 14.1. The monoisotopic (exact) mass is 304 g/mol. The van der Waals surface area contributed by atoms with Gasteiger partial charge in [0.2, 0.25) is 0 Å². The second-order valence-corrected chi connectivity index (χ2v) is 6.39. The van der Waals surface area contributed by atoms with Gasteiger partial charge in [-0.2, -0.15) is 0 Å². The lowest BCUT2D eigenvalue weighted by molar-refractivity contribution is 0.0972. The minimum absolute atomic E-state index is 0.184. The number of rotatable bonds is 6. The zero-order valence-electron chi connectivity index (χ0n) is 11.6. The molecule has 110 valence electrons. The molecule has 0 bridgehead atoms. The van der Waals surface area contributed by atoms with Crippen LogP contribution in [0.5, 0.6) is 0 Å². The van der Waals surface area contributed by atoms with Crippen molar-refractivity contribution < 1.29 is 9.18 Å². The van der Waals surface area contributed by atoms with Gasteiger partial charge in [-0.15, -0.1) is 11.3 Å². The predicted octanol–water partition coefficient (Wildman–Crippen LogP) is 3.72. The minimum Gasteiger partial charge on any atom is -0.397 e. The number of nitrogens with one attached hydrogen (secondary N) is 1. The Morgan fingerprint density at radius 2 is 2.05 bits per heavy atom. The Kier molecular flexibility index (Phi) is 3.92. The molecule has 1 fully saturated rings. The number of hydrogen-bond acceptors (Lipinski definition) is 4. The van der Waals surface area contributed by atoms with E-state index in [-0.39, 0.29) is 17.5 Å². The highest BCUT2D eigenvalue weighted by molar-refractivity contribution is 7.18. The van der Waals surface area contributed by atoms with Crippen LogP contribution in [0, 0.1) is 11.7 Å². The van der Waals surface area contributed by atoms with Gasteiger partial charge in [0.05, 0.1) is 15.6 Å². The summed E-state index contributed by atoms with van der Waals surface area (Å²) < 4.78 is 12.8. The van der Waals surface area contributed by atoms with E-state index in [1.54, 1.807) is 12.1 Å². The number of halogens is 1. The van der Waals surface area contributed by atoms with Crippen molar-refractivity contribution >= 4 is 27.8 Å². The van der Waals surface area contributed by atoms with E-state index < -0.39 is 0 Å². The van der Waals surface area contributed by atoms with Crippen molar-refractivity contribution in [1.29, 1.82) is 0 Å². The quantitative estimate of drug-likeness (QED) is 0.800. The fourth-order valence-corrected chi connectivity index (χ4v) is 3.22. The number of hydrogen-bond donors (Lipinski definition) is 2. The number of carbonyl (C=O) groups excluding carboxylic acids is 1. The summed E-state index contributed by atoms with van der Waals surface area (Å²) >= 11 is 1.43. The largest absolute Gasteiger partial charge is 0.397 e. The standard InChI is InChI=1S/C16H17FN2OS/c17-12-5-1-10(2-6-12)7-8-19-14-9-13(18)16(21-14)15(20)11-3-4-11/h1-2,5-6,9,11,19H,3-4,7-8,18H2. The Balaban J connectivity index is 1.56. The third-order valence-corrected chi connectivity index (χ3v) is 4.68. The first-order valence-electron chi connectivity index (χ1n) is 7.05. The number of nitrogens with two attached hydrogens (primary N) is 1. The highest BCUT2D eigenvalue weighted by Crippen LogP contribution is 2.38. The molecule has 0 aliphatic heterocycles. The van der Waals surface area contributed by atoms with Gasteiger partial charge in [0.1, 0.15) is 5.82 Å². The van der Waals surface area contributed by atoms with Crippen LogP contribution in [0.15, 0.2) is 30.3 Å². The average Bonchev–Trinajstić information content (AvgIpc) is 3.25. The zero-order chi connectivity index (χ0) is 14.8. The summed E-state index contributed by atoms with van der Waals surface area (Å²) in [6, 6.07) is 8.31. The van der Waals surface area contributed by atoms with Gasteiger partial charge in [-0.05, 0) is 43.0 Å². The molecule has 0 unspecified atom stereocenters. The maximum absolute atomic E-state index is 12.8. The van der Waals surface area contributed by atoms with Crippen LogP contribution in [0.25, 0.3) is 0 Å². The van der Waals surface area contributed by atoms with Crippen LogP contribution in [-0.2, 0) is 6.42 Å². The molecule has 3 rings (SSSR count). The minimum atomic E-state index is -0.221. The van der Waals surface area contributed by atoms with E-state index in [9.17, 15) is 9.18 Å². The lowest BCUT2D eigenvalue weighted by Crippen LogP contribution is -2.03. The Bertz CT molecular complexity index is 647. The van der Waals surface area contributed by atoms with Gasteiger partial charge in [-0.1, -0.05) is 12.1 Å². The van der Waals surface area contributed by atoms with Crippen molar-refractivity contribution in [3.63, 3.8) is 0 Å². The van der Waals surface area contributed by atoms with Crippen LogP contribution >= 0.6 is 11.3 Å². The maximum Gasteiger partial charge on any atom is 0.178 e. The number of carbonyl (C=O) groups is 1. The molecule has 21 heavy (non-hydrogen) atoms. The van der Waals surface area contributed by atoms with E-state index in [0.29, 0.717) is 10.6 Å². The van der Waals surface area contributed by atoms with Gasteiger partial charge < -0.3 is 11.1 Å². The topological polar surface area (TPSA) is 55.1 Å². The average molecular weight is 304 g/mol. The number of ketones is 1. The van der Waals surface area contributed by atoms with Crippen LogP contribution in [0.3, 0.4) is 0 Å². The van der Waals surface area contributed by atoms with E-state index >= 15 is 0 Å². The first-order chi connectivity index (χ1) is 10.1. The molecule has 1 aromatic carbocycles. The van der Waals surface area contributed by atoms with Gasteiger partial charge >= 0.3 is 0 Å². The molecular formula is C16H17FN2OS. The number of benzene rings is 1. The van der Waals surface area contributed by atoms with Gasteiger partial charge in [0.25, 0.3) is 0 Å². The number of anilines is 2. The molecule has 0 spiro atoms. The van der Waals surface area contributed by atoms with Crippen LogP contribution in [0.2, 0.25) is 0 Å². The van der Waals surface area contributed by atoms with Crippen LogP contribution in [0.1, 0.15) is 28.1 Å². The first-order valence-corrected chi connectivity index (χ1v) is 7.87. The fraction of sp³-hybridized carbons (Fsp3) is 0.312. The third kappa shape index (κ3) is 3.42. The molecule has 1 heterocycles. The lowest BCUT2D eigenvalue weighted by Gasteiger charge is -2.03. The number of nitrogen functional groups attached to an aromatic ring is 1. The summed E-state index contributed by atoms with van der Waals surface area (Å²) in [5.41, 5.74) is 7.56. The molecule has 3 nitrogen and oxygen atoms in total. The summed E-state index contributed by atoms with van der Waals surface area (Å²) in [4.78, 5) is 12.7. The van der Waals surface area contributed by atoms with E-state index in [0.717, 1.165) is 36.4 Å². The van der Waals surface area contributed by atoms with E-state index in [2.05, 4.69) is 5.32 Å². The Labute approximate surface area is 127 Å². The van der Waals surface area contributed by atoms with Gasteiger partial charge in [-0.3, -0.25) is 4.79 Å². The number of Topliss-reactive ketones (excluding diaryl/α,β-unsaturated/α-hetero) is 1. The van der Waals surface area contributed by atoms with Crippen molar-refractivity contribution in [2.75, 3.05) is 17.6 Å². The molecule has 1 saturated carbocycles. The van der Waals surface area contributed by atoms with Crippen molar-refractivity contribution in [2.24, 2.45) is 5.92 Å². The van der Waals surface area contributed by atoms with Crippen molar-refractivity contribution in [1.82, 2.24) is 0 Å². The SMILES string of the molecule is Nc1cc(NCCc2ccc(F)cc2)sc1C(=O)C1CC1. The molecule has 3 N–H and O–H groups in total. The summed E-state index contributed by atoms with van der Waals surface area (Å²) in [6.07, 6.45) is 2.77. The summed E-state index contributed by atoms with van der Waals surface area (Å²) in [6.45, 7) is 0.725. The Morgan fingerprint density at radius 3 is 2.71 bits per heavy atom. The summed E-state index contributed by atoms with van der Waals surface area (Å²) in [7, 11) is 0. The molecule has 2 aromatic rings. The molecule has 1 aromatic heterocycles. The normalized spacial score (nSPS) is 14.1. The van der Waals surface area contributed by atoms with Crippen LogP contribution < -0.4 is 11.1 Å². The van der Waals surface area contributed by atoms with Crippen molar-refractivity contribution in [3.8, 4) is 0 Å². The highest BCUT2D eigenvalue weighted by Gasteiger charge is 2.32. The molecule has 5 heteroatoms. The third-order valence-electron chi connectivity index (χ3n) is 3.56. The summed E-state index contributed by atoms with van der Waals surface area (Å²) in [5, 5.41) is 4.19. The van der Waals surface area contributed by atoms with Crippen LogP contribution in [0.4, 0.5) is 15.1 Å². The van der Waals surface area contributed by atoms with Gasteiger partial charge in [0, 0.05) is 12.5 Å². The maximum atomic E-state index is 12.8. The van der Waals surface area contributed by atoms with E-state index in [4.69, 9.17) is 5.73 Å². The van der Waals surface area contributed by atoms with Crippen molar-refractivity contribution in [3.05, 3.63) is 46.6 Å². The second kappa shape index (κ2) is 5.85. The molecule has 1 aliphatic rings. The Hall–Kier alpha value is -1.88.